The zero-order valence-electron chi connectivity index (χ0n) is 12.5. The van der Waals surface area contributed by atoms with Crippen LogP contribution in [-0.4, -0.2) is 6.61 Å². The maximum Gasteiger partial charge on any atom is 0.119 e. The lowest BCUT2D eigenvalue weighted by Gasteiger charge is -2.11. The Bertz CT molecular complexity index is 531. The maximum atomic E-state index is 5.45. The van der Waals surface area contributed by atoms with Crippen LogP contribution in [0.4, 0.5) is 5.69 Å². The summed E-state index contributed by atoms with van der Waals surface area (Å²) in [5.41, 5.74) is 3.79. The van der Waals surface area contributed by atoms with Crippen LogP contribution in [0.3, 0.4) is 0 Å². The first-order valence-corrected chi connectivity index (χ1v) is 7.24. The molecule has 2 rings (SSSR count). The summed E-state index contributed by atoms with van der Waals surface area (Å²) in [5, 5.41) is 3.47. The molecule has 0 aliphatic rings. The molecule has 0 heterocycles. The number of hydrogen-bond donors (Lipinski definition) is 1. The van der Waals surface area contributed by atoms with E-state index in [4.69, 9.17) is 4.74 Å². The molecule has 0 amide bonds. The van der Waals surface area contributed by atoms with E-state index in [0.717, 1.165) is 12.3 Å². The summed E-state index contributed by atoms with van der Waals surface area (Å²) >= 11 is 0. The minimum atomic E-state index is 0.558. The van der Waals surface area contributed by atoms with E-state index in [0.29, 0.717) is 12.5 Å². The maximum absolute atomic E-state index is 5.45. The Kier molecular flexibility index (Phi) is 5.05. The zero-order valence-corrected chi connectivity index (χ0v) is 12.5. The third-order valence-electron chi connectivity index (χ3n) is 3.28. The standard InChI is InChI=1S/C18H23NO/c1-4-20-18-10-8-15(9-11-18)13-19-17-7-5-6-16(12-17)14(2)3/h5-12,14,19H,4,13H2,1-3H3. The van der Waals surface area contributed by atoms with E-state index < -0.39 is 0 Å². The Morgan fingerprint density at radius 1 is 1.05 bits per heavy atom. The van der Waals surface area contributed by atoms with E-state index in [-0.39, 0.29) is 0 Å². The number of ether oxygens (including phenoxy) is 1. The normalized spacial score (nSPS) is 10.6. The molecule has 0 atom stereocenters. The topological polar surface area (TPSA) is 21.3 Å². The predicted octanol–water partition coefficient (Wildman–Crippen LogP) is 4.82. The minimum Gasteiger partial charge on any atom is -0.494 e. The van der Waals surface area contributed by atoms with Crippen LogP contribution in [0.25, 0.3) is 0 Å². The van der Waals surface area contributed by atoms with Crippen LogP contribution < -0.4 is 10.1 Å². The van der Waals surface area contributed by atoms with Crippen LogP contribution in [0, 0.1) is 0 Å². The molecule has 2 aromatic carbocycles. The fourth-order valence-electron chi connectivity index (χ4n) is 2.08. The van der Waals surface area contributed by atoms with E-state index in [9.17, 15) is 0 Å². The molecule has 106 valence electrons. The zero-order chi connectivity index (χ0) is 14.4. The number of rotatable bonds is 6. The summed E-state index contributed by atoms with van der Waals surface area (Å²) in [5.74, 6) is 1.49. The Morgan fingerprint density at radius 2 is 1.80 bits per heavy atom. The van der Waals surface area contributed by atoms with E-state index in [1.165, 1.54) is 16.8 Å². The molecule has 0 bridgehead atoms. The van der Waals surface area contributed by atoms with Crippen molar-refractivity contribution in [2.24, 2.45) is 0 Å². The molecule has 0 radical (unpaired) electrons. The lowest BCUT2D eigenvalue weighted by Crippen LogP contribution is -2.00. The third kappa shape index (κ3) is 4.02. The molecule has 2 aromatic rings. The summed E-state index contributed by atoms with van der Waals surface area (Å²) in [6, 6.07) is 16.9. The van der Waals surface area contributed by atoms with Gasteiger partial charge in [0.15, 0.2) is 0 Å². The molecule has 2 nitrogen and oxygen atoms in total. The first-order chi connectivity index (χ1) is 9.69. The Balaban J connectivity index is 1.96. The van der Waals surface area contributed by atoms with E-state index in [1.54, 1.807) is 0 Å². The molecule has 0 aliphatic heterocycles. The molecule has 20 heavy (non-hydrogen) atoms. The molecule has 0 saturated carbocycles. The SMILES string of the molecule is CCOc1ccc(CNc2cccc(C(C)C)c2)cc1. The van der Waals surface area contributed by atoms with Crippen molar-refractivity contribution in [1.29, 1.82) is 0 Å². The molecule has 1 N–H and O–H groups in total. The molecule has 0 fully saturated rings. The fraction of sp³-hybridized carbons (Fsp3) is 0.333. The van der Waals surface area contributed by atoms with Gasteiger partial charge in [-0.1, -0.05) is 38.1 Å². The van der Waals surface area contributed by atoms with Gasteiger partial charge in [0, 0.05) is 12.2 Å². The molecular formula is C18H23NO. The Labute approximate surface area is 121 Å². The van der Waals surface area contributed by atoms with Crippen LogP contribution in [0.1, 0.15) is 37.8 Å². The molecule has 0 aromatic heterocycles. The lowest BCUT2D eigenvalue weighted by molar-refractivity contribution is 0.340. The fourth-order valence-corrected chi connectivity index (χ4v) is 2.08. The molecule has 2 heteroatoms. The smallest absolute Gasteiger partial charge is 0.119 e. The van der Waals surface area contributed by atoms with Crippen molar-refractivity contribution in [2.75, 3.05) is 11.9 Å². The second kappa shape index (κ2) is 6.99. The van der Waals surface area contributed by atoms with E-state index in [1.807, 2.05) is 19.1 Å². The average Bonchev–Trinajstić information content (AvgIpc) is 2.47. The second-order valence-corrected chi connectivity index (χ2v) is 5.21. The molecule has 0 aliphatic carbocycles. The van der Waals surface area contributed by atoms with Crippen molar-refractivity contribution < 1.29 is 4.74 Å². The minimum absolute atomic E-state index is 0.558. The van der Waals surface area contributed by atoms with Crippen LogP contribution >= 0.6 is 0 Å². The lowest BCUT2D eigenvalue weighted by atomic mass is 10.0. The Hall–Kier alpha value is -1.96. The molecular weight excluding hydrogens is 246 g/mol. The van der Waals surface area contributed by atoms with Crippen LogP contribution in [0.15, 0.2) is 48.5 Å². The molecule has 0 unspecified atom stereocenters. The number of nitrogens with one attached hydrogen (secondary N) is 1. The summed E-state index contributed by atoms with van der Waals surface area (Å²) in [6.07, 6.45) is 0. The summed E-state index contributed by atoms with van der Waals surface area (Å²) in [6.45, 7) is 7.96. The van der Waals surface area contributed by atoms with Crippen molar-refractivity contribution >= 4 is 5.69 Å². The highest BCUT2D eigenvalue weighted by Gasteiger charge is 2.00. The summed E-state index contributed by atoms with van der Waals surface area (Å²) in [4.78, 5) is 0. The predicted molar refractivity (Wildman–Crippen MR) is 85.5 cm³/mol. The number of hydrogen-bond acceptors (Lipinski definition) is 2. The quantitative estimate of drug-likeness (QED) is 0.811. The van der Waals surface area contributed by atoms with Gasteiger partial charge in [-0.05, 0) is 48.2 Å². The molecule has 0 spiro atoms. The van der Waals surface area contributed by atoms with E-state index in [2.05, 4.69) is 55.6 Å². The van der Waals surface area contributed by atoms with Crippen LogP contribution in [-0.2, 0) is 6.54 Å². The van der Waals surface area contributed by atoms with Gasteiger partial charge in [-0.2, -0.15) is 0 Å². The van der Waals surface area contributed by atoms with Crippen LogP contribution in [0.2, 0.25) is 0 Å². The highest BCUT2D eigenvalue weighted by atomic mass is 16.5. The third-order valence-corrected chi connectivity index (χ3v) is 3.28. The van der Waals surface area contributed by atoms with Crippen molar-refractivity contribution in [3.63, 3.8) is 0 Å². The first-order valence-electron chi connectivity index (χ1n) is 7.24. The van der Waals surface area contributed by atoms with Crippen LogP contribution in [0.5, 0.6) is 5.75 Å². The molecule has 0 saturated heterocycles. The van der Waals surface area contributed by atoms with Crippen molar-refractivity contribution in [1.82, 2.24) is 0 Å². The highest BCUT2D eigenvalue weighted by Crippen LogP contribution is 2.19. The van der Waals surface area contributed by atoms with Gasteiger partial charge < -0.3 is 10.1 Å². The largest absolute Gasteiger partial charge is 0.494 e. The van der Waals surface area contributed by atoms with E-state index >= 15 is 0 Å². The average molecular weight is 269 g/mol. The van der Waals surface area contributed by atoms with Crippen molar-refractivity contribution in [2.45, 2.75) is 33.2 Å². The van der Waals surface area contributed by atoms with Gasteiger partial charge in [-0.25, -0.2) is 0 Å². The monoisotopic (exact) mass is 269 g/mol. The first kappa shape index (κ1) is 14.4. The van der Waals surface area contributed by atoms with Gasteiger partial charge in [0.1, 0.15) is 5.75 Å². The van der Waals surface area contributed by atoms with Gasteiger partial charge in [0.05, 0.1) is 6.61 Å². The summed E-state index contributed by atoms with van der Waals surface area (Å²) < 4.78 is 5.45. The highest BCUT2D eigenvalue weighted by molar-refractivity contribution is 5.47. The summed E-state index contributed by atoms with van der Waals surface area (Å²) in [7, 11) is 0. The van der Waals surface area contributed by atoms with Gasteiger partial charge in [-0.15, -0.1) is 0 Å². The van der Waals surface area contributed by atoms with Crippen molar-refractivity contribution in [3.8, 4) is 5.75 Å². The van der Waals surface area contributed by atoms with Gasteiger partial charge in [0.25, 0.3) is 0 Å². The van der Waals surface area contributed by atoms with Gasteiger partial charge >= 0.3 is 0 Å². The second-order valence-electron chi connectivity index (χ2n) is 5.21. The van der Waals surface area contributed by atoms with Gasteiger partial charge in [-0.3, -0.25) is 0 Å². The number of anilines is 1. The Morgan fingerprint density at radius 3 is 2.45 bits per heavy atom. The van der Waals surface area contributed by atoms with Crippen molar-refractivity contribution in [3.05, 3.63) is 59.7 Å². The number of benzene rings is 2. The van der Waals surface area contributed by atoms with Gasteiger partial charge in [0.2, 0.25) is 0 Å².